The molecule has 4 rings (SSSR count). The molecule has 0 fully saturated rings. The molecular weight excluding hydrogens is 1180 g/mol. The van der Waals surface area contributed by atoms with E-state index >= 15 is 0 Å². The fourth-order valence-corrected chi connectivity index (χ4v) is 10.0. The Morgan fingerprint density at radius 3 is 1.64 bits per heavy atom. The third-order valence-corrected chi connectivity index (χ3v) is 14.7. The summed E-state index contributed by atoms with van der Waals surface area (Å²) in [4.78, 5) is 76.0. The summed E-state index contributed by atoms with van der Waals surface area (Å²) in [5, 5.41) is 63.1. The number of aliphatic hydroxyl groups excluding tert-OH is 2. The number of rotatable bonds is 13. The SMILES string of the molecule is C=CCNC1=C2C[C@@H](C)C[C@H](OC)[C@H](O)[C@@H](C)/C=C(\C)[C@H](OC(N)=O)[C@@H](OC)/C=C\C=C(/C)C(=O)NC(=CC1=O)C2=O.C=CC[NH2+]c1c(O)cc2c(O)c1C[C@@H](C)C[C@H](OC)[C@H](O)[C@@H](C)/C=C(\C)[C@H](OC(N)=O)[C@@H](OC)/C=C\C=C(/C)C(=O)N2.O=S([O-])O[O-]. The summed E-state index contributed by atoms with van der Waals surface area (Å²) in [6, 6.07) is 1.31. The number of amides is 4. The predicted octanol–water partition coefficient (Wildman–Crippen LogP) is 3.55. The molecule has 0 spiro atoms. The molecule has 4 bridgehead atoms. The molecule has 26 nitrogen and oxygen atoms in total. The summed E-state index contributed by atoms with van der Waals surface area (Å²) < 4.78 is 53.3. The van der Waals surface area contributed by atoms with Crippen molar-refractivity contribution in [2.75, 3.05) is 46.8 Å². The maximum atomic E-state index is 13.5. The Kier molecular flexibility index (Phi) is 33.9. The van der Waals surface area contributed by atoms with Gasteiger partial charge in [-0.1, -0.05) is 89.0 Å². The Balaban J connectivity index is 0.000000563. The summed E-state index contributed by atoms with van der Waals surface area (Å²) in [5.41, 5.74) is 13.6. The lowest BCUT2D eigenvalue weighted by atomic mass is 9.85. The number of anilines is 1. The van der Waals surface area contributed by atoms with Crippen molar-refractivity contribution < 1.29 is 101 Å². The molecule has 27 heteroatoms. The number of hydrogen-bond donors (Lipinski definition) is 10. The highest BCUT2D eigenvalue weighted by Gasteiger charge is 2.35. The number of phenols is 2. The average molecular weight is 1270 g/mol. The Bertz CT molecular complexity index is 2930. The van der Waals surface area contributed by atoms with Crippen molar-refractivity contribution in [1.29, 1.82) is 0 Å². The number of primary amides is 2. The quantitative estimate of drug-likeness (QED) is 0.0197. The first-order valence-electron chi connectivity index (χ1n) is 28.3. The fraction of sp³-hybridized carbons (Fsp3) is 0.484. The summed E-state index contributed by atoms with van der Waals surface area (Å²) in [6.45, 7) is 22.2. The van der Waals surface area contributed by atoms with Crippen molar-refractivity contribution in [1.82, 2.24) is 10.6 Å². The number of ketones is 2. The van der Waals surface area contributed by atoms with Gasteiger partial charge in [0.15, 0.2) is 23.6 Å². The molecule has 0 saturated heterocycles. The second-order valence-corrected chi connectivity index (χ2v) is 22.2. The Morgan fingerprint density at radius 1 is 0.764 bits per heavy atom. The van der Waals surface area contributed by atoms with Crippen LogP contribution in [0.1, 0.15) is 80.2 Å². The first-order chi connectivity index (χ1) is 41.9. The van der Waals surface area contributed by atoms with Gasteiger partial charge in [-0.3, -0.25) is 19.2 Å². The van der Waals surface area contributed by atoms with E-state index in [1.807, 2.05) is 20.8 Å². The number of quaternary nitrogens is 1. The number of nitrogens with one attached hydrogen (secondary N) is 3. The minimum Gasteiger partial charge on any atom is -0.750 e. The normalized spacial score (nSPS) is 29.6. The van der Waals surface area contributed by atoms with Crippen LogP contribution in [0.15, 0.2) is 125 Å². The number of aliphatic hydroxyl groups is 2. The average Bonchev–Trinajstić information content (AvgIpc) is 1.77. The van der Waals surface area contributed by atoms with Crippen molar-refractivity contribution in [3.63, 3.8) is 0 Å². The number of carbonyl (C=O) groups excluding carboxylic acids is 6. The van der Waals surface area contributed by atoms with Crippen molar-refractivity contribution >= 4 is 58.3 Å². The van der Waals surface area contributed by atoms with E-state index in [1.165, 1.54) is 46.7 Å². The molecule has 3 aliphatic rings. The van der Waals surface area contributed by atoms with Gasteiger partial charge in [0, 0.05) is 75.7 Å². The van der Waals surface area contributed by atoms with E-state index in [2.05, 4.69) is 33.4 Å². The molecule has 494 valence electrons. The van der Waals surface area contributed by atoms with Crippen LogP contribution in [0.2, 0.25) is 0 Å². The molecule has 0 saturated carbocycles. The topological polar surface area (TPSA) is 416 Å². The minimum atomic E-state index is -2.88. The molecule has 4 amide bonds. The lowest BCUT2D eigenvalue weighted by Gasteiger charge is -2.30. The number of aromatic hydroxyl groups is 2. The predicted molar refractivity (Wildman–Crippen MR) is 328 cm³/mol. The molecular formula is C62H89N6O20S-. The minimum absolute atomic E-state index is 0.0616. The van der Waals surface area contributed by atoms with Gasteiger partial charge in [-0.05, 0) is 82.4 Å². The van der Waals surface area contributed by atoms with Crippen LogP contribution in [0.25, 0.3) is 0 Å². The van der Waals surface area contributed by atoms with Gasteiger partial charge >= 0.3 is 12.2 Å². The molecule has 1 aromatic rings. The lowest BCUT2D eigenvalue weighted by Crippen LogP contribution is -2.78. The molecule has 13 atom stereocenters. The van der Waals surface area contributed by atoms with Crippen molar-refractivity contribution in [3.05, 3.63) is 131 Å². The zero-order valence-electron chi connectivity index (χ0n) is 52.5. The third kappa shape index (κ3) is 24.5. The second-order valence-electron chi connectivity index (χ2n) is 21.6. The number of benzene rings is 1. The van der Waals surface area contributed by atoms with E-state index in [-0.39, 0.29) is 64.5 Å². The van der Waals surface area contributed by atoms with Crippen LogP contribution in [-0.4, -0.2) is 155 Å². The number of carbonyl (C=O) groups is 6. The maximum absolute atomic E-state index is 13.5. The number of hydrogen-bond acceptors (Lipinski definition) is 21. The molecule has 1 unspecified atom stereocenters. The van der Waals surface area contributed by atoms with Crippen molar-refractivity contribution in [3.8, 4) is 11.5 Å². The van der Waals surface area contributed by atoms with Crippen LogP contribution in [-0.2, 0) is 69.7 Å². The summed E-state index contributed by atoms with van der Waals surface area (Å²) >= 11 is -2.88. The zero-order chi connectivity index (χ0) is 67.4. The van der Waals surface area contributed by atoms with Crippen LogP contribution >= 0.6 is 0 Å². The van der Waals surface area contributed by atoms with Gasteiger partial charge in [0.05, 0.1) is 65.0 Å². The highest BCUT2D eigenvalue weighted by atomic mass is 32.2. The Morgan fingerprint density at radius 2 is 1.22 bits per heavy atom. The standard InChI is InChI=1S/C31H45N3O8.C31H43N3O8.H2O4S/c2*1-8-12-33-26-21-13-17(2)14-25(41-7)27(36)19(4)15-20(5)29(42-31(32)39)24(40-6)11-9-10-18(3)30(38)34-22(28(21)37)16-23(26)35;1-4-5(2)3/h8-11,15-17,19,24-25,27,29,33,35-37H,1,12-14H2,2-7H3,(H2,32,39)(H,34,38);8-11,15-17,19,24-25,27,29,33,36H,1,12-14H2,2-7H3,(H2,32,39)(H,34,38);1H,(H,2,3)/p-1/b2*11-9-,18-10+,20-15+;/t2*17-,19+,24+,25+,27-,29+;/m11./s1. The Labute approximate surface area is 522 Å². The van der Waals surface area contributed by atoms with Gasteiger partial charge in [0.1, 0.15) is 18.0 Å². The zero-order valence-corrected chi connectivity index (χ0v) is 53.3. The van der Waals surface area contributed by atoms with E-state index < -0.39 is 108 Å². The van der Waals surface area contributed by atoms with Crippen LogP contribution in [0.5, 0.6) is 11.5 Å². The fourth-order valence-electron chi connectivity index (χ4n) is 10.0. The number of ether oxygens (including phenoxy) is 6. The monoisotopic (exact) mass is 1270 g/mol. The largest absolute Gasteiger partial charge is 0.750 e. The number of methoxy groups -OCH3 is 4. The van der Waals surface area contributed by atoms with E-state index in [1.54, 1.807) is 88.5 Å². The lowest BCUT2D eigenvalue weighted by molar-refractivity contribution is -0.635. The molecule has 1 aliphatic carbocycles. The van der Waals surface area contributed by atoms with E-state index in [4.69, 9.17) is 53.9 Å². The summed E-state index contributed by atoms with van der Waals surface area (Å²) in [7, 11) is 5.88. The van der Waals surface area contributed by atoms with Crippen LogP contribution in [0.4, 0.5) is 21.0 Å². The van der Waals surface area contributed by atoms with E-state index in [0.717, 1.165) is 6.08 Å². The van der Waals surface area contributed by atoms with Crippen molar-refractivity contribution in [2.45, 2.75) is 130 Å². The Hall–Kier alpha value is -7.41. The first kappa shape index (κ1) is 77.7. The number of Topliss-reactive ketones (excluding diaryl/α,β-unsaturated/α-hetero) is 1. The highest BCUT2D eigenvalue weighted by Crippen LogP contribution is 2.41. The van der Waals surface area contributed by atoms with Gasteiger partial charge in [-0.15, -0.1) is 6.58 Å². The smallest absolute Gasteiger partial charge is 0.405 e. The summed E-state index contributed by atoms with van der Waals surface area (Å²) in [5.74, 6) is -3.43. The van der Waals surface area contributed by atoms with Gasteiger partial charge in [-0.25, -0.2) is 13.8 Å². The first-order valence-corrected chi connectivity index (χ1v) is 29.3. The van der Waals surface area contributed by atoms with Crippen LogP contribution < -0.4 is 38.0 Å². The number of nitrogens with two attached hydrogens (primary N) is 3. The van der Waals surface area contributed by atoms with Gasteiger partial charge in [-0.2, -0.15) is 0 Å². The van der Waals surface area contributed by atoms with E-state index in [0.29, 0.717) is 53.8 Å². The van der Waals surface area contributed by atoms with Gasteiger partial charge in [0.25, 0.3) is 11.8 Å². The molecule has 1 aromatic carbocycles. The number of phenolic OH excluding ortho intramolecular Hbond substituents is 2. The summed E-state index contributed by atoms with van der Waals surface area (Å²) in [6.07, 6.45) is 10.1. The molecule has 89 heavy (non-hydrogen) atoms. The van der Waals surface area contributed by atoms with Crippen molar-refractivity contribution in [2.24, 2.45) is 35.1 Å². The van der Waals surface area contributed by atoms with Gasteiger partial charge in [0.2, 0.25) is 11.6 Å². The second kappa shape index (κ2) is 38.9. The number of fused-ring (bicyclic) bond motifs is 4. The van der Waals surface area contributed by atoms with E-state index in [9.17, 15) is 49.2 Å². The van der Waals surface area contributed by atoms with Gasteiger partial charge < -0.3 is 95.7 Å². The van der Waals surface area contributed by atoms with Crippen LogP contribution in [0, 0.1) is 23.7 Å². The molecule has 0 radical (unpaired) electrons. The maximum Gasteiger partial charge on any atom is 0.405 e. The molecule has 2 aliphatic heterocycles. The molecule has 0 aromatic heterocycles. The number of allylic oxidation sites excluding steroid dienone is 6. The third-order valence-electron chi connectivity index (χ3n) is 14.6. The molecule has 2 heterocycles. The highest BCUT2D eigenvalue weighted by molar-refractivity contribution is 7.73. The molecule has 13 N–H and O–H groups in total. The van der Waals surface area contributed by atoms with Crippen LogP contribution in [0.3, 0.4) is 0 Å².